The lowest BCUT2D eigenvalue weighted by atomic mass is 9.73. The fourth-order valence-corrected chi connectivity index (χ4v) is 3.57. The summed E-state index contributed by atoms with van der Waals surface area (Å²) in [4.78, 5) is 5.72. The third-order valence-corrected chi connectivity index (χ3v) is 4.92. The van der Waals surface area contributed by atoms with Gasteiger partial charge in [-0.1, -0.05) is 0 Å². The Kier molecular flexibility index (Phi) is 3.13. The van der Waals surface area contributed by atoms with Crippen LogP contribution in [0.25, 0.3) is 4.96 Å². The van der Waals surface area contributed by atoms with Gasteiger partial charge in [0.15, 0.2) is 4.96 Å². The summed E-state index contributed by atoms with van der Waals surface area (Å²) in [5, 5.41) is 5.47. The average molecular weight is 265 g/mol. The number of imidazole rings is 1. The third kappa shape index (κ3) is 1.86. The lowest BCUT2D eigenvalue weighted by Crippen LogP contribution is -2.56. The Hall–Kier alpha value is -0.910. The van der Waals surface area contributed by atoms with Crippen molar-refractivity contribution in [2.75, 3.05) is 14.2 Å². The summed E-state index contributed by atoms with van der Waals surface area (Å²) in [5.74, 6) is 0. The molecule has 3 rings (SSSR count). The van der Waals surface area contributed by atoms with Crippen molar-refractivity contribution in [3.05, 3.63) is 23.5 Å². The van der Waals surface area contributed by atoms with E-state index in [1.54, 1.807) is 11.3 Å². The Balaban J connectivity index is 1.79. The van der Waals surface area contributed by atoms with E-state index in [2.05, 4.69) is 32.5 Å². The summed E-state index contributed by atoms with van der Waals surface area (Å²) in [6, 6.07) is 0.348. The van der Waals surface area contributed by atoms with E-state index in [1.165, 1.54) is 6.42 Å². The first-order valence-corrected chi connectivity index (χ1v) is 7.29. The zero-order valence-electron chi connectivity index (χ0n) is 10.8. The molecule has 2 aromatic rings. The molecule has 18 heavy (non-hydrogen) atoms. The fourth-order valence-electron chi connectivity index (χ4n) is 2.85. The maximum atomic E-state index is 5.76. The molecule has 98 valence electrons. The Morgan fingerprint density at radius 1 is 1.61 bits per heavy atom. The molecule has 0 bridgehead atoms. The van der Waals surface area contributed by atoms with Crippen molar-refractivity contribution in [2.45, 2.75) is 37.3 Å². The number of likely N-dealkylation sites (N-methyl/N-ethyl adjacent to an activating group) is 1. The summed E-state index contributed by atoms with van der Waals surface area (Å²) >= 11 is 1.68. The molecule has 1 aliphatic rings. The minimum Gasteiger partial charge on any atom is -0.377 e. The van der Waals surface area contributed by atoms with Crippen LogP contribution < -0.4 is 5.32 Å². The first-order chi connectivity index (χ1) is 8.77. The molecule has 5 heteroatoms. The quantitative estimate of drug-likeness (QED) is 0.899. The second-order valence-corrected chi connectivity index (χ2v) is 5.87. The third-order valence-electron chi connectivity index (χ3n) is 4.15. The highest BCUT2D eigenvalue weighted by atomic mass is 32.1. The van der Waals surface area contributed by atoms with Gasteiger partial charge in [0, 0.05) is 37.3 Å². The van der Waals surface area contributed by atoms with E-state index in [4.69, 9.17) is 4.74 Å². The molecule has 0 aromatic carbocycles. The molecule has 1 unspecified atom stereocenters. The van der Waals surface area contributed by atoms with Gasteiger partial charge in [0.05, 0.1) is 11.3 Å². The molecule has 2 heterocycles. The first kappa shape index (κ1) is 12.1. The Morgan fingerprint density at radius 2 is 2.44 bits per heavy atom. The number of aromatic nitrogens is 2. The largest absolute Gasteiger partial charge is 0.377 e. The molecular formula is C13H19N3OS. The fraction of sp³-hybridized carbons (Fsp3) is 0.615. The number of hydrogen-bond acceptors (Lipinski definition) is 4. The summed E-state index contributed by atoms with van der Waals surface area (Å²) < 4.78 is 7.85. The molecule has 4 nitrogen and oxygen atoms in total. The number of hydrogen-bond donors (Lipinski definition) is 1. The zero-order valence-corrected chi connectivity index (χ0v) is 11.7. The van der Waals surface area contributed by atoms with Gasteiger partial charge in [-0.25, -0.2) is 4.98 Å². The van der Waals surface area contributed by atoms with Crippen LogP contribution in [-0.4, -0.2) is 35.2 Å². The monoisotopic (exact) mass is 265 g/mol. The highest BCUT2D eigenvalue weighted by Gasteiger charge is 2.43. The average Bonchev–Trinajstić information content (AvgIpc) is 2.87. The zero-order chi connectivity index (χ0) is 12.6. The molecule has 1 aliphatic carbocycles. The highest BCUT2D eigenvalue weighted by Crippen LogP contribution is 2.39. The molecular weight excluding hydrogens is 246 g/mol. The molecule has 1 N–H and O–H groups in total. The second-order valence-electron chi connectivity index (χ2n) is 4.99. The van der Waals surface area contributed by atoms with Crippen LogP contribution in [0.5, 0.6) is 0 Å². The highest BCUT2D eigenvalue weighted by molar-refractivity contribution is 7.15. The van der Waals surface area contributed by atoms with E-state index in [0.29, 0.717) is 6.04 Å². The summed E-state index contributed by atoms with van der Waals surface area (Å²) in [7, 11) is 3.84. The van der Waals surface area contributed by atoms with Crippen molar-refractivity contribution < 1.29 is 4.74 Å². The molecule has 0 amide bonds. The normalized spacial score (nSPS) is 19.9. The van der Waals surface area contributed by atoms with Crippen molar-refractivity contribution in [3.63, 3.8) is 0 Å². The summed E-state index contributed by atoms with van der Waals surface area (Å²) in [6.45, 7) is 0. The van der Waals surface area contributed by atoms with Gasteiger partial charge in [-0.05, 0) is 26.3 Å². The van der Waals surface area contributed by atoms with Crippen LogP contribution in [0.3, 0.4) is 0 Å². The molecule has 0 saturated heterocycles. The lowest BCUT2D eigenvalue weighted by Gasteiger charge is -2.46. The number of thiazole rings is 1. The van der Waals surface area contributed by atoms with Crippen LogP contribution in [0.1, 0.15) is 25.0 Å². The first-order valence-electron chi connectivity index (χ1n) is 6.41. The van der Waals surface area contributed by atoms with Crippen LogP contribution in [0.2, 0.25) is 0 Å². The maximum Gasteiger partial charge on any atom is 0.193 e. The van der Waals surface area contributed by atoms with Crippen molar-refractivity contribution in [1.29, 1.82) is 0 Å². The van der Waals surface area contributed by atoms with Gasteiger partial charge in [-0.3, -0.25) is 4.40 Å². The van der Waals surface area contributed by atoms with Crippen LogP contribution in [0.15, 0.2) is 17.8 Å². The van der Waals surface area contributed by atoms with E-state index >= 15 is 0 Å². The molecule has 1 atom stereocenters. The van der Waals surface area contributed by atoms with Crippen molar-refractivity contribution in [3.8, 4) is 0 Å². The standard InChI is InChI=1S/C13H19N3OS/c1-14-11(13(17-2)4-3-5-13)8-10-9-16-6-7-18-12(16)15-10/h6-7,9,11,14H,3-5,8H2,1-2H3. The molecule has 0 radical (unpaired) electrons. The summed E-state index contributed by atoms with van der Waals surface area (Å²) in [6.07, 6.45) is 8.68. The Labute approximate surface area is 111 Å². The number of ether oxygens (including phenoxy) is 1. The van der Waals surface area contributed by atoms with Crippen LogP contribution in [0, 0.1) is 0 Å². The predicted octanol–water partition coefficient (Wildman–Crippen LogP) is 2.10. The van der Waals surface area contributed by atoms with Gasteiger partial charge in [-0.2, -0.15) is 0 Å². The number of methoxy groups -OCH3 is 1. The number of nitrogens with zero attached hydrogens (tertiary/aromatic N) is 2. The minimum atomic E-state index is 0.0196. The van der Waals surface area contributed by atoms with Crippen molar-refractivity contribution in [1.82, 2.24) is 14.7 Å². The van der Waals surface area contributed by atoms with Gasteiger partial charge < -0.3 is 10.1 Å². The van der Waals surface area contributed by atoms with Crippen LogP contribution in [0.4, 0.5) is 0 Å². The van der Waals surface area contributed by atoms with Crippen LogP contribution >= 0.6 is 11.3 Å². The topological polar surface area (TPSA) is 38.6 Å². The van der Waals surface area contributed by atoms with Gasteiger partial charge >= 0.3 is 0 Å². The smallest absolute Gasteiger partial charge is 0.193 e. The molecule has 0 spiro atoms. The SMILES string of the molecule is CNC(Cc1cn2ccsc2n1)C1(OC)CCC1. The maximum absolute atomic E-state index is 5.76. The minimum absolute atomic E-state index is 0.0196. The Bertz CT molecular complexity index is 495. The summed E-state index contributed by atoms with van der Waals surface area (Å²) in [5.41, 5.74) is 1.16. The second kappa shape index (κ2) is 4.64. The van der Waals surface area contributed by atoms with E-state index < -0.39 is 0 Å². The number of nitrogens with one attached hydrogen (secondary N) is 1. The molecule has 0 aliphatic heterocycles. The molecule has 1 fully saturated rings. The number of fused-ring (bicyclic) bond motifs is 1. The molecule has 2 aromatic heterocycles. The van der Waals surface area contributed by atoms with E-state index in [9.17, 15) is 0 Å². The van der Waals surface area contributed by atoms with Gasteiger partial charge in [0.2, 0.25) is 0 Å². The van der Waals surface area contributed by atoms with E-state index in [-0.39, 0.29) is 5.60 Å². The van der Waals surface area contributed by atoms with Crippen molar-refractivity contribution in [2.24, 2.45) is 0 Å². The Morgan fingerprint density at radius 3 is 3.00 bits per heavy atom. The van der Waals surface area contributed by atoms with E-state index in [0.717, 1.165) is 29.9 Å². The lowest BCUT2D eigenvalue weighted by molar-refractivity contribution is -0.0968. The van der Waals surface area contributed by atoms with Crippen molar-refractivity contribution >= 4 is 16.3 Å². The molecule has 1 saturated carbocycles. The number of rotatable bonds is 5. The van der Waals surface area contributed by atoms with Gasteiger partial charge in [-0.15, -0.1) is 11.3 Å². The predicted molar refractivity (Wildman–Crippen MR) is 73.2 cm³/mol. The van der Waals surface area contributed by atoms with E-state index in [1.807, 2.05) is 14.2 Å². The van der Waals surface area contributed by atoms with Gasteiger partial charge in [0.25, 0.3) is 0 Å². The van der Waals surface area contributed by atoms with Crippen LogP contribution in [-0.2, 0) is 11.2 Å². The van der Waals surface area contributed by atoms with Gasteiger partial charge in [0.1, 0.15) is 0 Å².